The molecule has 7 nitrogen and oxygen atoms in total. The number of aromatic nitrogens is 2. The van der Waals surface area contributed by atoms with Crippen LogP contribution in [0.3, 0.4) is 0 Å². The molecule has 1 heterocycles. The van der Waals surface area contributed by atoms with Crippen LogP contribution >= 0.6 is 0 Å². The van der Waals surface area contributed by atoms with Crippen molar-refractivity contribution >= 4 is 5.91 Å². The highest BCUT2D eigenvalue weighted by Gasteiger charge is 2.21. The molecule has 0 aliphatic carbocycles. The van der Waals surface area contributed by atoms with E-state index in [2.05, 4.69) is 5.10 Å². The molecule has 0 aliphatic rings. The second-order valence-corrected chi connectivity index (χ2v) is 5.48. The number of methoxy groups -OCH3 is 2. The third-order valence-corrected chi connectivity index (χ3v) is 3.67. The first-order valence-corrected chi connectivity index (χ1v) is 7.42. The lowest BCUT2D eigenvalue weighted by molar-refractivity contribution is -0.132. The number of amides is 1. The predicted octanol–water partition coefficient (Wildman–Crippen LogP) is 1.58. The Labute approximate surface area is 140 Å². The molecule has 1 amide bonds. The smallest absolute Gasteiger partial charge is 0.271 e. The van der Waals surface area contributed by atoms with E-state index in [1.165, 1.54) is 22.8 Å². The molecule has 0 saturated heterocycles. The molecular weight excluding hydrogens is 310 g/mol. The second kappa shape index (κ2) is 7.16. The first kappa shape index (κ1) is 17.5. The Balaban J connectivity index is 2.56. The maximum absolute atomic E-state index is 12.3. The highest BCUT2D eigenvalue weighted by molar-refractivity contribution is 5.79. The molecule has 1 unspecified atom stereocenters. The third-order valence-electron chi connectivity index (χ3n) is 3.67. The lowest BCUT2D eigenvalue weighted by atomic mass is 10.1. The molecule has 1 aromatic carbocycles. The average Bonchev–Trinajstić information content (AvgIpc) is 2.60. The Bertz CT molecular complexity index is 781. The summed E-state index contributed by atoms with van der Waals surface area (Å²) in [5, 5.41) is 4.36. The number of likely N-dealkylation sites (N-methyl/N-ethyl adjacent to an activating group) is 1. The lowest BCUT2D eigenvalue weighted by Gasteiger charge is -2.19. The van der Waals surface area contributed by atoms with Crippen molar-refractivity contribution in [3.8, 4) is 22.8 Å². The van der Waals surface area contributed by atoms with Crippen LogP contribution in [0.25, 0.3) is 11.3 Å². The highest BCUT2D eigenvalue weighted by Crippen LogP contribution is 2.28. The van der Waals surface area contributed by atoms with E-state index in [-0.39, 0.29) is 5.91 Å². The van der Waals surface area contributed by atoms with E-state index in [0.717, 1.165) is 5.56 Å². The number of hydrogen-bond donors (Lipinski definition) is 0. The van der Waals surface area contributed by atoms with Gasteiger partial charge in [0.15, 0.2) is 5.75 Å². The molecule has 7 heteroatoms. The van der Waals surface area contributed by atoms with Crippen LogP contribution in [0, 0.1) is 0 Å². The summed E-state index contributed by atoms with van der Waals surface area (Å²) in [6.07, 6.45) is 0. The second-order valence-electron chi connectivity index (χ2n) is 5.48. The van der Waals surface area contributed by atoms with Crippen molar-refractivity contribution in [3.05, 3.63) is 40.7 Å². The molecule has 0 radical (unpaired) electrons. The lowest BCUT2D eigenvalue weighted by Crippen LogP contribution is -2.36. The fourth-order valence-electron chi connectivity index (χ4n) is 2.31. The summed E-state index contributed by atoms with van der Waals surface area (Å²) in [4.78, 5) is 25.9. The Morgan fingerprint density at radius 2 is 1.79 bits per heavy atom. The van der Waals surface area contributed by atoms with Crippen LogP contribution in [0.4, 0.5) is 0 Å². The van der Waals surface area contributed by atoms with Crippen molar-refractivity contribution in [3.63, 3.8) is 0 Å². The van der Waals surface area contributed by atoms with Gasteiger partial charge in [-0.2, -0.15) is 5.10 Å². The van der Waals surface area contributed by atoms with Crippen LogP contribution in [0.1, 0.15) is 13.0 Å². The number of carbonyl (C=O) groups is 1. The molecule has 128 valence electrons. The Kier molecular flexibility index (Phi) is 5.23. The Morgan fingerprint density at radius 1 is 1.17 bits per heavy atom. The van der Waals surface area contributed by atoms with Crippen LogP contribution in [0.15, 0.2) is 35.1 Å². The molecule has 2 rings (SSSR count). The van der Waals surface area contributed by atoms with E-state index in [4.69, 9.17) is 9.47 Å². The van der Waals surface area contributed by atoms with Crippen molar-refractivity contribution in [2.24, 2.45) is 0 Å². The van der Waals surface area contributed by atoms with Gasteiger partial charge in [0.05, 0.1) is 14.2 Å². The Hall–Kier alpha value is -2.83. The number of benzene rings is 1. The normalized spacial score (nSPS) is 11.7. The molecule has 0 aliphatic heterocycles. The molecule has 24 heavy (non-hydrogen) atoms. The summed E-state index contributed by atoms with van der Waals surface area (Å²) in [5.74, 6) is 0.851. The summed E-state index contributed by atoms with van der Waals surface area (Å²) in [6.45, 7) is 1.64. The molecule has 1 aromatic heterocycles. The van der Waals surface area contributed by atoms with E-state index >= 15 is 0 Å². The van der Waals surface area contributed by atoms with Crippen molar-refractivity contribution in [1.29, 1.82) is 0 Å². The van der Waals surface area contributed by atoms with E-state index in [1.54, 1.807) is 40.3 Å². The van der Waals surface area contributed by atoms with Gasteiger partial charge in [0.1, 0.15) is 17.5 Å². The van der Waals surface area contributed by atoms with Crippen molar-refractivity contribution in [2.45, 2.75) is 13.0 Å². The van der Waals surface area contributed by atoms with E-state index in [9.17, 15) is 9.59 Å². The SMILES string of the molecule is COc1ccc(-c2nn(C(C)C(=O)N(C)C)c(=O)cc2OC)cc1. The van der Waals surface area contributed by atoms with Gasteiger partial charge in [-0.3, -0.25) is 9.59 Å². The standard InChI is InChI=1S/C17H21N3O4/c1-11(17(22)19(2)3)20-15(21)10-14(24-5)16(18-20)12-6-8-13(23-4)9-7-12/h6-11H,1-5H3. The zero-order valence-electron chi connectivity index (χ0n) is 14.4. The molecule has 0 spiro atoms. The van der Waals surface area contributed by atoms with Gasteiger partial charge in [0, 0.05) is 25.7 Å². The summed E-state index contributed by atoms with van der Waals surface area (Å²) in [6, 6.07) is 7.84. The van der Waals surface area contributed by atoms with Crippen LogP contribution in [-0.2, 0) is 4.79 Å². The molecule has 1 atom stereocenters. The minimum Gasteiger partial charge on any atom is -0.497 e. The van der Waals surface area contributed by atoms with Crippen LogP contribution in [-0.4, -0.2) is 48.9 Å². The Morgan fingerprint density at radius 3 is 2.29 bits per heavy atom. The van der Waals surface area contributed by atoms with Crippen molar-refractivity contribution < 1.29 is 14.3 Å². The molecule has 0 bridgehead atoms. The number of rotatable bonds is 5. The zero-order valence-corrected chi connectivity index (χ0v) is 14.4. The fraction of sp³-hybridized carbons (Fsp3) is 0.353. The third kappa shape index (κ3) is 3.40. The van der Waals surface area contributed by atoms with Gasteiger partial charge in [-0.05, 0) is 31.2 Å². The maximum atomic E-state index is 12.3. The van der Waals surface area contributed by atoms with Crippen LogP contribution in [0.2, 0.25) is 0 Å². The van der Waals surface area contributed by atoms with E-state index in [0.29, 0.717) is 17.2 Å². The summed E-state index contributed by atoms with van der Waals surface area (Å²) in [5.41, 5.74) is 0.843. The summed E-state index contributed by atoms with van der Waals surface area (Å²) < 4.78 is 11.6. The number of carbonyl (C=O) groups excluding carboxylic acids is 1. The topological polar surface area (TPSA) is 73.7 Å². The number of nitrogens with zero attached hydrogens (tertiary/aromatic N) is 3. The van der Waals surface area contributed by atoms with E-state index in [1.807, 2.05) is 12.1 Å². The number of hydrogen-bond acceptors (Lipinski definition) is 5. The largest absolute Gasteiger partial charge is 0.497 e. The summed E-state index contributed by atoms with van der Waals surface area (Å²) in [7, 11) is 6.33. The van der Waals surface area contributed by atoms with Gasteiger partial charge in [-0.15, -0.1) is 0 Å². The first-order chi connectivity index (χ1) is 11.4. The van der Waals surface area contributed by atoms with Crippen molar-refractivity contribution in [2.75, 3.05) is 28.3 Å². The fourth-order valence-corrected chi connectivity index (χ4v) is 2.31. The minimum absolute atomic E-state index is 0.213. The van der Waals surface area contributed by atoms with Crippen LogP contribution in [0.5, 0.6) is 11.5 Å². The first-order valence-electron chi connectivity index (χ1n) is 7.42. The monoisotopic (exact) mass is 331 g/mol. The maximum Gasteiger partial charge on any atom is 0.271 e. The summed E-state index contributed by atoms with van der Waals surface area (Å²) >= 11 is 0. The van der Waals surface area contributed by atoms with Crippen LogP contribution < -0.4 is 15.0 Å². The number of ether oxygens (including phenoxy) is 2. The molecule has 0 saturated carbocycles. The predicted molar refractivity (Wildman–Crippen MR) is 90.4 cm³/mol. The minimum atomic E-state index is -0.713. The molecule has 2 aromatic rings. The van der Waals surface area contributed by atoms with Crippen molar-refractivity contribution in [1.82, 2.24) is 14.7 Å². The highest BCUT2D eigenvalue weighted by atomic mass is 16.5. The molecule has 0 N–H and O–H groups in total. The van der Waals surface area contributed by atoms with Gasteiger partial charge in [-0.25, -0.2) is 4.68 Å². The van der Waals surface area contributed by atoms with Gasteiger partial charge >= 0.3 is 0 Å². The quantitative estimate of drug-likeness (QED) is 0.831. The molecule has 0 fully saturated rings. The van der Waals surface area contributed by atoms with Gasteiger partial charge in [0.2, 0.25) is 5.91 Å². The van der Waals surface area contributed by atoms with Gasteiger partial charge in [-0.1, -0.05) is 0 Å². The van der Waals surface area contributed by atoms with E-state index < -0.39 is 11.6 Å². The van der Waals surface area contributed by atoms with Gasteiger partial charge in [0.25, 0.3) is 5.56 Å². The average molecular weight is 331 g/mol. The zero-order chi connectivity index (χ0) is 17.9. The van der Waals surface area contributed by atoms with Gasteiger partial charge < -0.3 is 14.4 Å². The molecular formula is C17H21N3O4.